The van der Waals surface area contributed by atoms with E-state index in [4.69, 9.17) is 4.74 Å². The van der Waals surface area contributed by atoms with Crippen molar-refractivity contribution in [2.24, 2.45) is 0 Å². The average Bonchev–Trinajstić information content (AvgIpc) is 2.90. The summed E-state index contributed by atoms with van der Waals surface area (Å²) >= 11 is 0. The molecule has 0 unspecified atom stereocenters. The summed E-state index contributed by atoms with van der Waals surface area (Å²) in [5.41, 5.74) is 2.47. The second-order valence-electron chi connectivity index (χ2n) is 11.2. The van der Waals surface area contributed by atoms with Gasteiger partial charge in [0.15, 0.2) is 0 Å². The monoisotopic (exact) mass is 579 g/mol. The largest absolute Gasteiger partial charge is 0.495 e. The van der Waals surface area contributed by atoms with E-state index in [-0.39, 0.29) is 23.0 Å². The molecule has 0 saturated carbocycles. The van der Waals surface area contributed by atoms with Gasteiger partial charge in [-0.3, -0.25) is 13.9 Å². The van der Waals surface area contributed by atoms with E-state index in [9.17, 15) is 18.0 Å². The third-order valence-electron chi connectivity index (χ3n) is 6.56. The van der Waals surface area contributed by atoms with Gasteiger partial charge >= 0.3 is 0 Å². The van der Waals surface area contributed by atoms with Gasteiger partial charge < -0.3 is 15.0 Å². The van der Waals surface area contributed by atoms with Crippen LogP contribution in [0.3, 0.4) is 0 Å². The third kappa shape index (κ3) is 8.10. The first-order chi connectivity index (χ1) is 19.3. The van der Waals surface area contributed by atoms with E-state index < -0.39 is 34.1 Å². The Morgan fingerprint density at radius 1 is 0.927 bits per heavy atom. The van der Waals surface area contributed by atoms with Crippen LogP contribution in [0.4, 0.5) is 5.69 Å². The normalized spacial score (nSPS) is 12.4. The first-order valence-corrected chi connectivity index (χ1v) is 15.1. The Hall–Kier alpha value is -3.85. The molecule has 3 aromatic carbocycles. The second-order valence-corrected chi connectivity index (χ2v) is 13.0. The first-order valence-electron chi connectivity index (χ1n) is 13.7. The number of para-hydroxylation sites is 2. The SMILES string of the molecule is CC[C@@H](C(=O)NC(C)(C)C)N(Cc1cccc(C)c1)C(=O)CN(c1ccccc1OC)S(=O)(=O)c1ccc(C)cc1. The highest BCUT2D eigenvalue weighted by molar-refractivity contribution is 7.92. The zero-order valence-electron chi connectivity index (χ0n) is 25.0. The number of hydrogen-bond donors (Lipinski definition) is 1. The van der Waals surface area contributed by atoms with Crippen LogP contribution in [0.2, 0.25) is 0 Å². The molecule has 41 heavy (non-hydrogen) atoms. The maximum Gasteiger partial charge on any atom is 0.264 e. The summed E-state index contributed by atoms with van der Waals surface area (Å²) in [7, 11) is -2.74. The number of carbonyl (C=O) groups is 2. The molecule has 3 aromatic rings. The third-order valence-corrected chi connectivity index (χ3v) is 8.34. The van der Waals surface area contributed by atoms with Gasteiger partial charge in [0, 0.05) is 12.1 Å². The number of anilines is 1. The van der Waals surface area contributed by atoms with Crippen LogP contribution < -0.4 is 14.4 Å². The van der Waals surface area contributed by atoms with Gasteiger partial charge in [-0.05, 0) is 70.9 Å². The lowest BCUT2D eigenvalue weighted by Gasteiger charge is -2.35. The molecule has 220 valence electrons. The number of ether oxygens (including phenoxy) is 1. The molecule has 8 nitrogen and oxygen atoms in total. The van der Waals surface area contributed by atoms with Gasteiger partial charge in [-0.25, -0.2) is 8.42 Å². The van der Waals surface area contributed by atoms with Crippen molar-refractivity contribution < 1.29 is 22.7 Å². The Balaban J connectivity index is 2.11. The summed E-state index contributed by atoms with van der Waals surface area (Å²) in [4.78, 5) is 29.2. The lowest BCUT2D eigenvalue weighted by atomic mass is 10.0. The number of amides is 2. The lowest BCUT2D eigenvalue weighted by molar-refractivity contribution is -0.141. The van der Waals surface area contributed by atoms with Crippen LogP contribution in [0, 0.1) is 13.8 Å². The standard InChI is InChI=1S/C32H41N3O5S/c1-8-27(31(37)33-32(4,5)6)34(21-25-13-11-12-24(3)20-25)30(36)22-35(28-14-9-10-15-29(28)40-7)41(38,39)26-18-16-23(2)17-19-26/h9-20,27H,8,21-22H2,1-7H3,(H,33,37)/t27-/m0/s1. The number of rotatable bonds is 11. The molecule has 0 heterocycles. The number of aryl methyl sites for hydroxylation is 2. The van der Waals surface area contributed by atoms with E-state index in [0.717, 1.165) is 21.0 Å². The topological polar surface area (TPSA) is 96.0 Å². The van der Waals surface area contributed by atoms with Crippen molar-refractivity contribution >= 4 is 27.5 Å². The van der Waals surface area contributed by atoms with E-state index in [2.05, 4.69) is 5.32 Å². The number of nitrogens with one attached hydrogen (secondary N) is 1. The Bertz CT molecular complexity index is 1460. The predicted molar refractivity (Wildman–Crippen MR) is 162 cm³/mol. The fourth-order valence-electron chi connectivity index (χ4n) is 4.57. The highest BCUT2D eigenvalue weighted by Gasteiger charge is 2.35. The highest BCUT2D eigenvalue weighted by atomic mass is 32.2. The number of sulfonamides is 1. The van der Waals surface area contributed by atoms with E-state index in [1.54, 1.807) is 36.4 Å². The summed E-state index contributed by atoms with van der Waals surface area (Å²) in [6, 6.07) is 20.0. The van der Waals surface area contributed by atoms with Gasteiger partial charge in [0.2, 0.25) is 11.8 Å². The zero-order chi connectivity index (χ0) is 30.4. The Morgan fingerprint density at radius 2 is 1.59 bits per heavy atom. The van der Waals surface area contributed by atoms with E-state index in [1.165, 1.54) is 24.1 Å². The van der Waals surface area contributed by atoms with Crippen molar-refractivity contribution in [2.75, 3.05) is 18.0 Å². The van der Waals surface area contributed by atoms with Crippen LogP contribution in [-0.4, -0.2) is 50.4 Å². The number of benzene rings is 3. The van der Waals surface area contributed by atoms with Crippen LogP contribution in [0.1, 0.15) is 50.8 Å². The summed E-state index contributed by atoms with van der Waals surface area (Å²) < 4.78 is 34.7. The quantitative estimate of drug-likeness (QED) is 0.336. The molecule has 1 N–H and O–H groups in total. The van der Waals surface area contributed by atoms with Crippen molar-refractivity contribution in [1.29, 1.82) is 0 Å². The molecule has 3 rings (SSSR count). The predicted octanol–water partition coefficient (Wildman–Crippen LogP) is 5.23. The van der Waals surface area contributed by atoms with Gasteiger partial charge in [-0.2, -0.15) is 0 Å². The van der Waals surface area contributed by atoms with Gasteiger partial charge in [-0.1, -0.05) is 66.6 Å². The number of nitrogens with zero attached hydrogens (tertiary/aromatic N) is 2. The number of hydrogen-bond acceptors (Lipinski definition) is 5. The highest BCUT2D eigenvalue weighted by Crippen LogP contribution is 2.32. The molecule has 0 spiro atoms. The molecule has 2 amide bonds. The van der Waals surface area contributed by atoms with Crippen molar-refractivity contribution in [1.82, 2.24) is 10.2 Å². The molecular formula is C32H41N3O5S. The molecule has 0 fully saturated rings. The fraction of sp³-hybridized carbons (Fsp3) is 0.375. The Labute approximate surface area is 244 Å². The van der Waals surface area contributed by atoms with Gasteiger partial charge in [0.1, 0.15) is 18.3 Å². The van der Waals surface area contributed by atoms with Crippen molar-refractivity contribution in [3.8, 4) is 5.75 Å². The van der Waals surface area contributed by atoms with Crippen molar-refractivity contribution in [3.05, 3.63) is 89.5 Å². The minimum atomic E-state index is -4.19. The summed E-state index contributed by atoms with van der Waals surface area (Å²) in [5.74, 6) is -0.506. The van der Waals surface area contributed by atoms with Crippen molar-refractivity contribution in [2.45, 2.75) is 71.0 Å². The molecule has 0 aliphatic heterocycles. The molecule has 9 heteroatoms. The average molecular weight is 580 g/mol. The fourth-order valence-corrected chi connectivity index (χ4v) is 5.99. The maximum atomic E-state index is 14.2. The van der Waals surface area contributed by atoms with Crippen molar-refractivity contribution in [3.63, 3.8) is 0 Å². The minimum Gasteiger partial charge on any atom is -0.495 e. The molecule has 0 saturated heterocycles. The smallest absolute Gasteiger partial charge is 0.264 e. The Kier molecular flexibility index (Phi) is 10.2. The second kappa shape index (κ2) is 13.2. The molecule has 0 aliphatic rings. The maximum absolute atomic E-state index is 14.2. The van der Waals surface area contributed by atoms with Crippen LogP contribution in [-0.2, 0) is 26.2 Å². The van der Waals surface area contributed by atoms with Crippen LogP contribution in [0.25, 0.3) is 0 Å². The summed E-state index contributed by atoms with van der Waals surface area (Å²) in [5, 5.41) is 2.98. The molecule has 0 radical (unpaired) electrons. The Morgan fingerprint density at radius 3 is 2.17 bits per heavy atom. The number of methoxy groups -OCH3 is 1. The summed E-state index contributed by atoms with van der Waals surface area (Å²) in [6.45, 7) is 10.9. The van der Waals surface area contributed by atoms with E-state index in [0.29, 0.717) is 12.2 Å². The van der Waals surface area contributed by atoms with Gasteiger partial charge in [-0.15, -0.1) is 0 Å². The van der Waals surface area contributed by atoms with Gasteiger partial charge in [0.05, 0.1) is 17.7 Å². The van der Waals surface area contributed by atoms with Crippen LogP contribution in [0.15, 0.2) is 77.7 Å². The first kappa shape index (κ1) is 31.7. The lowest BCUT2D eigenvalue weighted by Crippen LogP contribution is -2.55. The molecule has 0 bridgehead atoms. The molecular weight excluding hydrogens is 538 g/mol. The van der Waals surface area contributed by atoms with Crippen LogP contribution in [0.5, 0.6) is 5.75 Å². The zero-order valence-corrected chi connectivity index (χ0v) is 25.8. The van der Waals surface area contributed by atoms with E-state index >= 15 is 0 Å². The van der Waals surface area contributed by atoms with Gasteiger partial charge in [0.25, 0.3) is 10.0 Å². The minimum absolute atomic E-state index is 0.0459. The molecule has 0 aromatic heterocycles. The number of carbonyl (C=O) groups excluding carboxylic acids is 2. The van der Waals surface area contributed by atoms with E-state index in [1.807, 2.05) is 65.8 Å². The molecule has 1 atom stereocenters. The summed E-state index contributed by atoms with van der Waals surface area (Å²) in [6.07, 6.45) is 0.346. The molecule has 0 aliphatic carbocycles. The van der Waals surface area contributed by atoms with Crippen LogP contribution >= 0.6 is 0 Å².